The number of anilines is 1. The number of nitrogens with one attached hydrogen (secondary N) is 1. The first kappa shape index (κ1) is 19.5. The summed E-state index contributed by atoms with van der Waals surface area (Å²) in [6.07, 6.45) is 11.2. The number of carbonyl (C=O) groups excluding carboxylic acids is 2. The van der Waals surface area contributed by atoms with Gasteiger partial charge in [-0.3, -0.25) is 19.5 Å². The molecule has 3 aliphatic heterocycles. The lowest BCUT2D eigenvalue weighted by molar-refractivity contribution is -0.114. The number of fused-ring (bicyclic) bond motifs is 2. The van der Waals surface area contributed by atoms with Crippen LogP contribution in [0.2, 0.25) is 0 Å². The zero-order valence-electron chi connectivity index (χ0n) is 18.1. The van der Waals surface area contributed by atoms with Crippen LogP contribution in [-0.4, -0.2) is 78.4 Å². The largest absolute Gasteiger partial charge is 0.364 e. The second-order valence-corrected chi connectivity index (χ2v) is 9.20. The molecule has 0 aromatic carbocycles. The molecule has 1 saturated heterocycles. The number of hydrogen-bond donors (Lipinski definition) is 1. The molecule has 5 aliphatic rings. The third kappa shape index (κ3) is 3.48. The quantitative estimate of drug-likeness (QED) is 0.763. The molecule has 6 rings (SSSR count). The number of amides is 2. The van der Waals surface area contributed by atoms with Crippen molar-refractivity contribution in [3.63, 3.8) is 0 Å². The summed E-state index contributed by atoms with van der Waals surface area (Å²) < 4.78 is 0. The van der Waals surface area contributed by atoms with Crippen molar-refractivity contribution in [2.45, 2.75) is 37.4 Å². The maximum absolute atomic E-state index is 12.4. The average molecular weight is 431 g/mol. The zero-order valence-corrected chi connectivity index (χ0v) is 18.1. The standard InChI is InChI=1S/C24H26N6O2/c1-25-24(32)18-5-4-16(12-27-18)30-7-6-29(21-10-22(21)30)13-14-8-20-19(26-11-14)9-17(15-2-3-15)23(31)28-20/h4-5,8-9,11-12,15,19,21-22H,2-3,6-7,10,13H2,1H3,(H,25,32)/t19?,21-,22+/m0/s1. The molecule has 2 aliphatic carbocycles. The van der Waals surface area contributed by atoms with Gasteiger partial charge in [-0.15, -0.1) is 0 Å². The molecule has 1 aromatic heterocycles. The molecule has 164 valence electrons. The van der Waals surface area contributed by atoms with E-state index in [-0.39, 0.29) is 17.9 Å². The van der Waals surface area contributed by atoms with Gasteiger partial charge in [-0.2, -0.15) is 0 Å². The number of piperazine rings is 1. The summed E-state index contributed by atoms with van der Waals surface area (Å²) in [6.45, 7) is 2.69. The second kappa shape index (κ2) is 7.48. The highest BCUT2D eigenvalue weighted by Gasteiger charge is 2.49. The highest BCUT2D eigenvalue weighted by atomic mass is 16.2. The Morgan fingerprint density at radius 1 is 1.22 bits per heavy atom. The topological polar surface area (TPSA) is 90.3 Å². The molecule has 0 bridgehead atoms. The summed E-state index contributed by atoms with van der Waals surface area (Å²) in [5.74, 6) is 0.170. The van der Waals surface area contributed by atoms with E-state index in [0.717, 1.165) is 61.4 Å². The summed E-state index contributed by atoms with van der Waals surface area (Å²) in [7, 11) is 1.61. The number of nitrogens with zero attached hydrogens (tertiary/aromatic N) is 5. The Bertz CT molecular complexity index is 1100. The van der Waals surface area contributed by atoms with Gasteiger partial charge in [0.15, 0.2) is 0 Å². The monoisotopic (exact) mass is 430 g/mol. The van der Waals surface area contributed by atoms with Gasteiger partial charge < -0.3 is 10.2 Å². The molecule has 3 atom stereocenters. The number of aliphatic imine (C=N–C) groups is 2. The van der Waals surface area contributed by atoms with E-state index >= 15 is 0 Å². The molecule has 1 unspecified atom stereocenters. The fraction of sp³-hybridized carbons (Fsp3) is 0.458. The Morgan fingerprint density at radius 2 is 2.09 bits per heavy atom. The van der Waals surface area contributed by atoms with Gasteiger partial charge in [0.25, 0.3) is 11.8 Å². The molecule has 1 N–H and O–H groups in total. The van der Waals surface area contributed by atoms with Crippen LogP contribution in [0.5, 0.6) is 0 Å². The predicted molar refractivity (Wildman–Crippen MR) is 122 cm³/mol. The number of pyridine rings is 1. The predicted octanol–water partition coefficient (Wildman–Crippen LogP) is 1.40. The maximum Gasteiger partial charge on any atom is 0.273 e. The minimum absolute atomic E-state index is 0.0710. The summed E-state index contributed by atoms with van der Waals surface area (Å²) >= 11 is 0. The first-order valence-electron chi connectivity index (χ1n) is 11.4. The smallest absolute Gasteiger partial charge is 0.273 e. The SMILES string of the molecule is CNC(=O)c1ccc(N2CCN(CC3=CC4=NC(=O)C(C5CC5)=CC4N=C3)[C@H]3C[C@H]32)cn1. The van der Waals surface area contributed by atoms with E-state index in [1.165, 1.54) is 0 Å². The average Bonchev–Trinajstić information content (AvgIpc) is 3.72. The van der Waals surface area contributed by atoms with E-state index in [2.05, 4.69) is 31.2 Å². The number of dihydropyridines is 2. The van der Waals surface area contributed by atoms with Crippen molar-refractivity contribution < 1.29 is 9.59 Å². The Kier molecular flexibility index (Phi) is 4.57. The van der Waals surface area contributed by atoms with Gasteiger partial charge in [0, 0.05) is 50.6 Å². The van der Waals surface area contributed by atoms with Gasteiger partial charge in [-0.05, 0) is 55.0 Å². The normalized spacial score (nSPS) is 28.9. The molecule has 8 heteroatoms. The van der Waals surface area contributed by atoms with E-state index in [9.17, 15) is 9.59 Å². The summed E-state index contributed by atoms with van der Waals surface area (Å²) in [6, 6.07) is 4.66. The summed E-state index contributed by atoms with van der Waals surface area (Å²) in [5.41, 5.74) is 4.27. The van der Waals surface area contributed by atoms with Crippen LogP contribution in [-0.2, 0) is 4.79 Å². The van der Waals surface area contributed by atoms with Crippen LogP contribution in [0.3, 0.4) is 0 Å². The third-order valence-electron chi connectivity index (χ3n) is 7.02. The Balaban J connectivity index is 1.10. The van der Waals surface area contributed by atoms with Gasteiger partial charge in [0.1, 0.15) is 11.7 Å². The lowest BCUT2D eigenvalue weighted by atomic mass is 9.97. The molecule has 0 spiro atoms. The summed E-state index contributed by atoms with van der Waals surface area (Å²) in [4.78, 5) is 42.3. The van der Waals surface area contributed by atoms with Crippen LogP contribution in [0, 0.1) is 5.92 Å². The molecular weight excluding hydrogens is 404 g/mol. The first-order valence-corrected chi connectivity index (χ1v) is 11.4. The van der Waals surface area contributed by atoms with Crippen LogP contribution < -0.4 is 10.2 Å². The van der Waals surface area contributed by atoms with Crippen LogP contribution in [0.4, 0.5) is 5.69 Å². The fourth-order valence-corrected chi connectivity index (χ4v) is 5.04. The molecule has 2 amide bonds. The third-order valence-corrected chi connectivity index (χ3v) is 7.02. The van der Waals surface area contributed by atoms with Gasteiger partial charge >= 0.3 is 0 Å². The number of hydrogen-bond acceptors (Lipinski definition) is 6. The van der Waals surface area contributed by atoms with Gasteiger partial charge in [0.2, 0.25) is 0 Å². The van der Waals surface area contributed by atoms with Gasteiger partial charge in [-0.25, -0.2) is 9.98 Å². The van der Waals surface area contributed by atoms with Crippen molar-refractivity contribution in [3.8, 4) is 0 Å². The molecule has 32 heavy (non-hydrogen) atoms. The maximum atomic E-state index is 12.4. The van der Waals surface area contributed by atoms with E-state index < -0.39 is 0 Å². The Hall–Kier alpha value is -3.13. The second-order valence-electron chi connectivity index (χ2n) is 9.20. The zero-order chi connectivity index (χ0) is 21.8. The Morgan fingerprint density at radius 3 is 2.84 bits per heavy atom. The van der Waals surface area contributed by atoms with E-state index in [0.29, 0.717) is 23.7 Å². The van der Waals surface area contributed by atoms with Crippen LogP contribution in [0.25, 0.3) is 0 Å². The number of carbonyl (C=O) groups is 2. The van der Waals surface area contributed by atoms with Crippen LogP contribution in [0.15, 0.2) is 51.6 Å². The molecular formula is C24H26N6O2. The molecule has 0 radical (unpaired) electrons. The van der Waals surface area contributed by atoms with Crippen molar-refractivity contribution in [1.29, 1.82) is 0 Å². The molecule has 3 fully saturated rings. The van der Waals surface area contributed by atoms with Crippen LogP contribution >= 0.6 is 0 Å². The van der Waals surface area contributed by atoms with Crippen LogP contribution in [0.1, 0.15) is 29.8 Å². The first-order chi connectivity index (χ1) is 15.6. The van der Waals surface area contributed by atoms with E-state index in [4.69, 9.17) is 4.99 Å². The van der Waals surface area contributed by atoms with Crippen molar-refractivity contribution >= 4 is 29.4 Å². The molecule has 8 nitrogen and oxygen atoms in total. The van der Waals surface area contributed by atoms with Gasteiger partial charge in [-0.1, -0.05) is 0 Å². The molecule has 4 heterocycles. The molecule has 1 aromatic rings. The minimum Gasteiger partial charge on any atom is -0.364 e. The summed E-state index contributed by atoms with van der Waals surface area (Å²) in [5, 5.41) is 2.60. The van der Waals surface area contributed by atoms with Crippen molar-refractivity contribution in [1.82, 2.24) is 15.2 Å². The van der Waals surface area contributed by atoms with Crippen molar-refractivity contribution in [2.75, 3.05) is 31.6 Å². The Labute approximate surface area is 186 Å². The van der Waals surface area contributed by atoms with E-state index in [1.807, 2.05) is 18.4 Å². The highest BCUT2D eigenvalue weighted by molar-refractivity contribution is 6.17. The number of aromatic nitrogens is 1. The minimum atomic E-state index is -0.168. The lowest BCUT2D eigenvalue weighted by Gasteiger charge is -2.36. The lowest BCUT2D eigenvalue weighted by Crippen LogP contribution is -2.47. The molecule has 2 saturated carbocycles. The fourth-order valence-electron chi connectivity index (χ4n) is 5.04. The van der Waals surface area contributed by atoms with E-state index in [1.54, 1.807) is 19.3 Å². The number of rotatable bonds is 5. The van der Waals surface area contributed by atoms with Gasteiger partial charge in [0.05, 0.1) is 17.6 Å². The van der Waals surface area contributed by atoms with Crippen molar-refractivity contribution in [2.24, 2.45) is 15.9 Å². The highest BCUT2D eigenvalue weighted by Crippen LogP contribution is 2.40. The van der Waals surface area contributed by atoms with Crippen molar-refractivity contribution in [3.05, 3.63) is 47.3 Å².